The highest BCUT2D eigenvalue weighted by Crippen LogP contribution is 2.35. The van der Waals surface area contributed by atoms with Crippen molar-refractivity contribution in [3.8, 4) is 5.75 Å². The number of nitrogens with zero attached hydrogens (tertiary/aromatic N) is 2. The van der Waals surface area contributed by atoms with E-state index in [1.807, 2.05) is 54.4 Å². The Morgan fingerprint density at radius 1 is 1.07 bits per heavy atom. The molecule has 1 N–H and O–H groups in total. The molecule has 29 heavy (non-hydrogen) atoms. The first-order chi connectivity index (χ1) is 14.1. The lowest BCUT2D eigenvalue weighted by Crippen LogP contribution is -2.44. The number of benzene rings is 2. The molecule has 7 heteroatoms. The normalized spacial score (nSPS) is 15.7. The standard InChI is InChI=1S/C22H21Cl2N3O2/c1-2-29-16-10-8-15(9-11-16)21-19-7-4-12-26(19)13-14-27(21)22(28)25-20-17(23)5-3-6-18(20)24/h3-12,21H,2,13-14H2,1H3,(H,25,28). The number of nitrogens with one attached hydrogen (secondary N) is 1. The van der Waals surface area contributed by atoms with Crippen LogP contribution >= 0.6 is 23.2 Å². The minimum Gasteiger partial charge on any atom is -0.494 e. The Morgan fingerprint density at radius 2 is 1.79 bits per heavy atom. The molecule has 0 bridgehead atoms. The molecule has 2 heterocycles. The van der Waals surface area contributed by atoms with E-state index in [1.165, 1.54) is 0 Å². The van der Waals surface area contributed by atoms with Crippen molar-refractivity contribution in [2.24, 2.45) is 0 Å². The average Bonchev–Trinajstić information content (AvgIpc) is 3.20. The van der Waals surface area contributed by atoms with Crippen molar-refractivity contribution in [1.29, 1.82) is 0 Å². The fraction of sp³-hybridized carbons (Fsp3) is 0.227. The zero-order chi connectivity index (χ0) is 20.4. The van der Waals surface area contributed by atoms with Gasteiger partial charge in [-0.1, -0.05) is 41.4 Å². The maximum atomic E-state index is 13.2. The summed E-state index contributed by atoms with van der Waals surface area (Å²) in [4.78, 5) is 15.0. The zero-order valence-corrected chi connectivity index (χ0v) is 17.5. The molecule has 1 aromatic heterocycles. The van der Waals surface area contributed by atoms with E-state index < -0.39 is 0 Å². The second-order valence-electron chi connectivity index (χ2n) is 6.75. The van der Waals surface area contributed by atoms with E-state index >= 15 is 0 Å². The van der Waals surface area contributed by atoms with Gasteiger partial charge >= 0.3 is 6.03 Å². The lowest BCUT2D eigenvalue weighted by atomic mass is 10.00. The Bertz CT molecular complexity index is 997. The Kier molecular flexibility index (Phi) is 5.69. The summed E-state index contributed by atoms with van der Waals surface area (Å²) >= 11 is 12.5. The van der Waals surface area contributed by atoms with Crippen molar-refractivity contribution < 1.29 is 9.53 Å². The van der Waals surface area contributed by atoms with E-state index in [0.717, 1.165) is 23.6 Å². The molecule has 150 valence electrons. The van der Waals surface area contributed by atoms with Crippen LogP contribution in [-0.2, 0) is 6.54 Å². The van der Waals surface area contributed by atoms with E-state index in [0.29, 0.717) is 28.9 Å². The number of rotatable bonds is 4. The predicted octanol–water partition coefficient (Wildman–Crippen LogP) is 5.83. The largest absolute Gasteiger partial charge is 0.494 e. The van der Waals surface area contributed by atoms with Crippen molar-refractivity contribution in [2.45, 2.75) is 19.5 Å². The van der Waals surface area contributed by atoms with Crippen molar-refractivity contribution in [3.63, 3.8) is 0 Å². The van der Waals surface area contributed by atoms with Crippen molar-refractivity contribution in [1.82, 2.24) is 9.47 Å². The number of carbonyl (C=O) groups is 1. The summed E-state index contributed by atoms with van der Waals surface area (Å²) in [5, 5.41) is 3.70. The fourth-order valence-electron chi connectivity index (χ4n) is 3.66. The molecular formula is C22H21Cl2N3O2. The molecule has 0 aliphatic carbocycles. The smallest absolute Gasteiger partial charge is 0.322 e. The summed E-state index contributed by atoms with van der Waals surface area (Å²) in [5.74, 6) is 0.807. The molecule has 4 rings (SSSR count). The van der Waals surface area contributed by atoms with Gasteiger partial charge in [-0.05, 0) is 48.9 Å². The fourth-order valence-corrected chi connectivity index (χ4v) is 4.15. The Hall–Kier alpha value is -2.63. The maximum absolute atomic E-state index is 13.2. The molecule has 1 aliphatic heterocycles. The van der Waals surface area contributed by atoms with Gasteiger partial charge in [-0.15, -0.1) is 0 Å². The van der Waals surface area contributed by atoms with Gasteiger partial charge in [0.1, 0.15) is 5.75 Å². The van der Waals surface area contributed by atoms with Crippen LogP contribution in [0.25, 0.3) is 0 Å². The van der Waals surface area contributed by atoms with Crippen LogP contribution in [0.15, 0.2) is 60.8 Å². The highest BCUT2D eigenvalue weighted by molar-refractivity contribution is 6.39. The lowest BCUT2D eigenvalue weighted by molar-refractivity contribution is 0.182. The summed E-state index contributed by atoms with van der Waals surface area (Å²) in [6.07, 6.45) is 2.04. The number of carbonyl (C=O) groups excluding carboxylic acids is 1. The number of hydrogen-bond donors (Lipinski definition) is 1. The lowest BCUT2D eigenvalue weighted by Gasteiger charge is -2.37. The van der Waals surface area contributed by atoms with Crippen LogP contribution in [0.3, 0.4) is 0 Å². The number of halogens is 2. The third-order valence-corrected chi connectivity index (χ3v) is 5.63. The maximum Gasteiger partial charge on any atom is 0.322 e. The first kappa shape index (κ1) is 19.7. The predicted molar refractivity (Wildman–Crippen MR) is 116 cm³/mol. The van der Waals surface area contributed by atoms with E-state index in [9.17, 15) is 4.79 Å². The molecule has 5 nitrogen and oxygen atoms in total. The number of aromatic nitrogens is 1. The molecule has 0 spiro atoms. The molecule has 2 aromatic carbocycles. The molecule has 0 fully saturated rings. The van der Waals surface area contributed by atoms with Crippen molar-refractivity contribution >= 4 is 34.9 Å². The van der Waals surface area contributed by atoms with Gasteiger partial charge in [0.15, 0.2) is 0 Å². The minimum absolute atomic E-state index is 0.226. The zero-order valence-electron chi connectivity index (χ0n) is 15.9. The third kappa shape index (κ3) is 3.93. The molecule has 0 saturated carbocycles. The van der Waals surface area contributed by atoms with Crippen LogP contribution < -0.4 is 10.1 Å². The van der Waals surface area contributed by atoms with Gasteiger partial charge in [0.05, 0.1) is 28.4 Å². The molecule has 3 aromatic rings. The molecule has 1 atom stereocenters. The van der Waals surface area contributed by atoms with Gasteiger partial charge in [-0.3, -0.25) is 0 Å². The van der Waals surface area contributed by atoms with Gasteiger partial charge in [-0.2, -0.15) is 0 Å². The van der Waals surface area contributed by atoms with Crippen LogP contribution in [0.2, 0.25) is 10.0 Å². The second kappa shape index (κ2) is 8.39. The molecule has 1 unspecified atom stereocenters. The number of hydrogen-bond acceptors (Lipinski definition) is 2. The first-order valence-electron chi connectivity index (χ1n) is 9.48. The molecular weight excluding hydrogens is 409 g/mol. The summed E-state index contributed by atoms with van der Waals surface area (Å²) in [6, 6.07) is 16.6. The highest BCUT2D eigenvalue weighted by atomic mass is 35.5. The number of urea groups is 1. The van der Waals surface area contributed by atoms with Crippen molar-refractivity contribution in [2.75, 3.05) is 18.5 Å². The van der Waals surface area contributed by atoms with E-state index in [1.54, 1.807) is 18.2 Å². The quantitative estimate of drug-likeness (QED) is 0.566. The molecule has 0 saturated heterocycles. The van der Waals surface area contributed by atoms with E-state index in [-0.39, 0.29) is 12.1 Å². The van der Waals surface area contributed by atoms with Crippen LogP contribution in [0.1, 0.15) is 24.2 Å². The summed E-state index contributed by atoms with van der Waals surface area (Å²) in [7, 11) is 0. The van der Waals surface area contributed by atoms with Crippen molar-refractivity contribution in [3.05, 3.63) is 82.1 Å². The number of fused-ring (bicyclic) bond motifs is 1. The van der Waals surface area contributed by atoms with Gasteiger partial charge in [-0.25, -0.2) is 4.79 Å². The summed E-state index contributed by atoms with van der Waals surface area (Å²) in [5.41, 5.74) is 2.49. The SMILES string of the molecule is CCOc1ccc(C2c3cccn3CCN2C(=O)Nc2c(Cl)cccc2Cl)cc1. The van der Waals surface area contributed by atoms with Gasteiger partial charge < -0.3 is 19.5 Å². The topological polar surface area (TPSA) is 46.5 Å². The average molecular weight is 430 g/mol. The monoisotopic (exact) mass is 429 g/mol. The Balaban J connectivity index is 1.67. The van der Waals surface area contributed by atoms with Gasteiger partial charge in [0.2, 0.25) is 0 Å². The summed E-state index contributed by atoms with van der Waals surface area (Å²) in [6.45, 7) is 3.85. The van der Waals surface area contributed by atoms with E-state index in [2.05, 4.69) is 9.88 Å². The Labute approximate surface area is 179 Å². The number of amides is 2. The highest BCUT2D eigenvalue weighted by Gasteiger charge is 2.32. The molecule has 2 amide bonds. The minimum atomic E-state index is -0.244. The molecule has 0 radical (unpaired) electrons. The van der Waals surface area contributed by atoms with E-state index in [4.69, 9.17) is 27.9 Å². The number of ether oxygens (including phenoxy) is 1. The van der Waals surface area contributed by atoms with Crippen LogP contribution in [0.4, 0.5) is 10.5 Å². The first-order valence-corrected chi connectivity index (χ1v) is 10.2. The van der Waals surface area contributed by atoms with Gasteiger partial charge in [0, 0.05) is 25.0 Å². The number of para-hydroxylation sites is 1. The number of anilines is 1. The van der Waals surface area contributed by atoms with Crippen LogP contribution in [0, 0.1) is 0 Å². The third-order valence-electron chi connectivity index (χ3n) is 5.00. The van der Waals surface area contributed by atoms with Gasteiger partial charge in [0.25, 0.3) is 0 Å². The van der Waals surface area contributed by atoms with Crippen LogP contribution in [0.5, 0.6) is 5.75 Å². The second-order valence-corrected chi connectivity index (χ2v) is 7.57. The van der Waals surface area contributed by atoms with Crippen LogP contribution in [-0.4, -0.2) is 28.6 Å². The molecule has 1 aliphatic rings. The summed E-state index contributed by atoms with van der Waals surface area (Å²) < 4.78 is 7.73. The Morgan fingerprint density at radius 3 is 2.48 bits per heavy atom.